The predicted molar refractivity (Wildman–Crippen MR) is 84.4 cm³/mol. The molecular formula is C14H17N4O3S-. The molecule has 0 aromatic heterocycles. The lowest BCUT2D eigenvalue weighted by atomic mass is 10.2. The fraction of sp³-hybridized carbons (Fsp3) is 0.357. The van der Waals surface area contributed by atoms with Gasteiger partial charge in [0.25, 0.3) is 0 Å². The Bertz CT molecular complexity index is 574. The van der Waals surface area contributed by atoms with Crippen molar-refractivity contribution in [1.82, 2.24) is 10.7 Å². The molecule has 8 heteroatoms. The fourth-order valence-electron chi connectivity index (χ4n) is 1.88. The molecular weight excluding hydrogens is 304 g/mol. The molecule has 0 aliphatic carbocycles. The summed E-state index contributed by atoms with van der Waals surface area (Å²) >= 11 is 1.18. The Morgan fingerprint density at radius 2 is 2.14 bits per heavy atom. The monoisotopic (exact) mass is 321 g/mol. The van der Waals surface area contributed by atoms with E-state index in [4.69, 9.17) is 0 Å². The highest BCUT2D eigenvalue weighted by Crippen LogP contribution is 2.24. The van der Waals surface area contributed by atoms with Gasteiger partial charge in [-0.05, 0) is 17.7 Å². The lowest BCUT2D eigenvalue weighted by Crippen LogP contribution is -2.36. The van der Waals surface area contributed by atoms with Crippen molar-refractivity contribution in [3.05, 3.63) is 29.8 Å². The maximum absolute atomic E-state index is 11.5. The number of anilines is 1. The summed E-state index contributed by atoms with van der Waals surface area (Å²) in [5.74, 6) is -1.56. The van der Waals surface area contributed by atoms with E-state index in [2.05, 4.69) is 15.8 Å². The lowest BCUT2D eigenvalue weighted by molar-refractivity contribution is -0.305. The fourth-order valence-corrected chi connectivity index (χ4v) is 2.93. The van der Waals surface area contributed by atoms with Gasteiger partial charge in [-0.15, -0.1) is 11.8 Å². The van der Waals surface area contributed by atoms with Crippen LogP contribution in [0, 0.1) is 0 Å². The van der Waals surface area contributed by atoms with Crippen LogP contribution < -0.4 is 20.7 Å². The van der Waals surface area contributed by atoms with Crippen LogP contribution in [0.2, 0.25) is 0 Å². The number of hydrogen-bond donors (Lipinski definition) is 2. The molecule has 2 N–H and O–H groups in total. The molecule has 1 aromatic carbocycles. The van der Waals surface area contributed by atoms with Crippen LogP contribution in [0.1, 0.15) is 12.0 Å². The van der Waals surface area contributed by atoms with E-state index in [-0.39, 0.29) is 12.3 Å². The van der Waals surface area contributed by atoms with Gasteiger partial charge < -0.3 is 20.1 Å². The van der Waals surface area contributed by atoms with Crippen molar-refractivity contribution < 1.29 is 14.7 Å². The first-order valence-electron chi connectivity index (χ1n) is 6.67. The number of carbonyl (C=O) groups excluding carboxylic acids is 2. The summed E-state index contributed by atoms with van der Waals surface area (Å²) < 4.78 is 0. The largest absolute Gasteiger partial charge is 0.550 e. The van der Waals surface area contributed by atoms with Gasteiger partial charge in [0.15, 0.2) is 5.50 Å². The number of carboxylic acid groups (broad SMARTS) is 1. The van der Waals surface area contributed by atoms with Gasteiger partial charge in [-0.3, -0.25) is 10.2 Å². The number of benzene rings is 1. The molecule has 118 valence electrons. The Morgan fingerprint density at radius 3 is 2.73 bits per heavy atom. The third kappa shape index (κ3) is 4.39. The third-order valence-electron chi connectivity index (χ3n) is 3.03. The molecule has 2 rings (SSSR count). The van der Waals surface area contributed by atoms with Crippen LogP contribution >= 0.6 is 11.8 Å². The summed E-state index contributed by atoms with van der Waals surface area (Å²) in [5.41, 5.74) is 4.35. The maximum atomic E-state index is 11.5. The summed E-state index contributed by atoms with van der Waals surface area (Å²) in [6.45, 7) is 0. The first kappa shape index (κ1) is 16.2. The highest BCUT2D eigenvalue weighted by Gasteiger charge is 2.32. The van der Waals surface area contributed by atoms with Gasteiger partial charge in [0.05, 0.1) is 11.5 Å². The van der Waals surface area contributed by atoms with E-state index in [0.29, 0.717) is 0 Å². The Hall–Kier alpha value is -2.22. The number of nitrogens with one attached hydrogen (secondary N) is 2. The molecule has 1 aliphatic heterocycles. The summed E-state index contributed by atoms with van der Waals surface area (Å²) in [6.07, 6.45) is 1.34. The number of rotatable bonds is 6. The average Bonchev–Trinajstić information content (AvgIpc) is 2.79. The first-order valence-corrected chi connectivity index (χ1v) is 7.61. The number of carboxylic acids is 1. The SMILES string of the molecule is CN(C)c1ccc(C=NNC2NC(=O)C(CC(=O)[O-])S2)cc1. The van der Waals surface area contributed by atoms with Gasteiger partial charge in [-0.1, -0.05) is 12.1 Å². The van der Waals surface area contributed by atoms with E-state index in [1.807, 2.05) is 43.3 Å². The zero-order valence-corrected chi connectivity index (χ0v) is 13.1. The van der Waals surface area contributed by atoms with Crippen LogP contribution in [0.4, 0.5) is 5.69 Å². The van der Waals surface area contributed by atoms with Gasteiger partial charge in [0.1, 0.15) is 0 Å². The number of nitrogens with zero attached hydrogens (tertiary/aromatic N) is 2. The van der Waals surface area contributed by atoms with E-state index in [9.17, 15) is 14.7 Å². The van der Waals surface area contributed by atoms with Gasteiger partial charge in [-0.25, -0.2) is 0 Å². The molecule has 1 aliphatic rings. The Balaban J connectivity index is 1.85. The normalized spacial score (nSPS) is 20.9. The van der Waals surface area contributed by atoms with Crippen LogP contribution in [-0.4, -0.2) is 42.9 Å². The number of amides is 1. The predicted octanol–water partition coefficient (Wildman–Crippen LogP) is -0.669. The smallest absolute Gasteiger partial charge is 0.235 e. The Kier molecular flexibility index (Phi) is 5.26. The summed E-state index contributed by atoms with van der Waals surface area (Å²) in [6, 6.07) is 7.81. The molecule has 0 bridgehead atoms. The number of hydrogen-bond acceptors (Lipinski definition) is 7. The van der Waals surface area contributed by atoms with Gasteiger partial charge in [0.2, 0.25) is 5.91 Å². The van der Waals surface area contributed by atoms with Crippen molar-refractivity contribution in [3.8, 4) is 0 Å². The molecule has 22 heavy (non-hydrogen) atoms. The number of thioether (sulfide) groups is 1. The summed E-state index contributed by atoms with van der Waals surface area (Å²) in [4.78, 5) is 24.1. The molecule has 0 radical (unpaired) electrons. The molecule has 1 fully saturated rings. The molecule has 0 saturated carbocycles. The summed E-state index contributed by atoms with van der Waals surface area (Å²) in [7, 11) is 3.93. The van der Waals surface area contributed by atoms with Crippen LogP contribution in [0.25, 0.3) is 0 Å². The standard InChI is InChI=1S/C14H18N4O3S/c1-18(2)10-5-3-9(4-6-10)8-15-17-14-16-13(21)11(22-14)7-12(19)20/h3-6,8,11,14,17H,7H2,1-2H3,(H,16,21)(H,19,20)/p-1. The van der Waals surface area contributed by atoms with Crippen molar-refractivity contribution in [2.45, 2.75) is 17.2 Å². The van der Waals surface area contributed by atoms with E-state index in [1.165, 1.54) is 11.8 Å². The second kappa shape index (κ2) is 7.17. The van der Waals surface area contributed by atoms with E-state index in [0.717, 1.165) is 11.3 Å². The van der Waals surface area contributed by atoms with Crippen LogP contribution in [0.3, 0.4) is 0 Å². The van der Waals surface area contributed by atoms with Crippen LogP contribution in [-0.2, 0) is 9.59 Å². The van der Waals surface area contributed by atoms with Crippen LogP contribution in [0.5, 0.6) is 0 Å². The Labute approximate surface area is 132 Å². The molecule has 2 atom stereocenters. The molecule has 1 heterocycles. The molecule has 7 nitrogen and oxygen atoms in total. The quantitative estimate of drug-likeness (QED) is 0.533. The van der Waals surface area contributed by atoms with Crippen molar-refractivity contribution >= 4 is 35.5 Å². The Morgan fingerprint density at radius 1 is 1.45 bits per heavy atom. The maximum Gasteiger partial charge on any atom is 0.235 e. The van der Waals surface area contributed by atoms with E-state index in [1.54, 1.807) is 6.21 Å². The highest BCUT2D eigenvalue weighted by molar-refractivity contribution is 8.01. The third-order valence-corrected chi connectivity index (χ3v) is 4.24. The second-order valence-corrected chi connectivity index (χ2v) is 6.28. The van der Waals surface area contributed by atoms with Crippen LogP contribution in [0.15, 0.2) is 29.4 Å². The molecule has 0 spiro atoms. The molecule has 2 unspecified atom stereocenters. The topological polar surface area (TPSA) is 96.9 Å². The number of aliphatic carboxylic acids is 1. The zero-order chi connectivity index (χ0) is 16.1. The summed E-state index contributed by atoms with van der Waals surface area (Å²) in [5, 5.41) is 16.6. The first-order chi connectivity index (χ1) is 10.5. The minimum atomic E-state index is -1.24. The highest BCUT2D eigenvalue weighted by atomic mass is 32.2. The second-order valence-electron chi connectivity index (χ2n) is 4.96. The minimum absolute atomic E-state index is 0.301. The van der Waals surface area contributed by atoms with Crippen molar-refractivity contribution in [1.29, 1.82) is 0 Å². The number of hydrazone groups is 1. The minimum Gasteiger partial charge on any atom is -0.550 e. The average molecular weight is 321 g/mol. The van der Waals surface area contributed by atoms with Gasteiger partial charge in [0, 0.05) is 32.2 Å². The lowest BCUT2D eigenvalue weighted by Gasteiger charge is -2.12. The van der Waals surface area contributed by atoms with E-state index >= 15 is 0 Å². The van der Waals surface area contributed by atoms with Crippen molar-refractivity contribution in [3.63, 3.8) is 0 Å². The van der Waals surface area contributed by atoms with Crippen molar-refractivity contribution in [2.24, 2.45) is 5.10 Å². The number of carbonyl (C=O) groups is 2. The van der Waals surface area contributed by atoms with Crippen molar-refractivity contribution in [2.75, 3.05) is 19.0 Å². The van der Waals surface area contributed by atoms with E-state index < -0.39 is 16.7 Å². The van der Waals surface area contributed by atoms with Gasteiger partial charge in [-0.2, -0.15) is 5.10 Å². The van der Waals surface area contributed by atoms with Gasteiger partial charge >= 0.3 is 0 Å². The molecule has 1 amide bonds. The molecule has 1 saturated heterocycles. The molecule has 1 aromatic rings. The zero-order valence-electron chi connectivity index (χ0n) is 12.3.